The lowest BCUT2D eigenvalue weighted by molar-refractivity contribution is 0.0257. The third kappa shape index (κ3) is 5.91. The molecule has 2 nitrogen and oxygen atoms in total. The second kappa shape index (κ2) is 9.59. The van der Waals surface area contributed by atoms with Crippen LogP contribution in [-0.4, -0.2) is 12.1 Å². The number of esters is 1. The Bertz CT molecular complexity index is 404. The Morgan fingerprint density at radius 2 is 1.57 bits per heavy atom. The van der Waals surface area contributed by atoms with Gasteiger partial charge in [-0.3, -0.25) is 0 Å². The van der Waals surface area contributed by atoms with Crippen molar-refractivity contribution in [2.45, 2.75) is 72.3 Å². The van der Waals surface area contributed by atoms with Crippen molar-refractivity contribution < 1.29 is 9.53 Å². The zero-order valence-corrected chi connectivity index (χ0v) is 14.0. The smallest absolute Gasteiger partial charge is 0.338 e. The number of hydrogen-bond donors (Lipinski definition) is 0. The van der Waals surface area contributed by atoms with E-state index in [2.05, 4.69) is 27.7 Å². The monoisotopic (exact) mass is 290 g/mol. The fraction of sp³-hybridized carbons (Fsp3) is 0.632. The van der Waals surface area contributed by atoms with E-state index >= 15 is 0 Å². The average Bonchev–Trinajstić information content (AvgIpc) is 2.54. The molecule has 1 unspecified atom stereocenters. The molecule has 0 heterocycles. The summed E-state index contributed by atoms with van der Waals surface area (Å²) in [6, 6.07) is 7.74. The van der Waals surface area contributed by atoms with Crippen molar-refractivity contribution >= 4 is 5.97 Å². The number of hydrogen-bond acceptors (Lipinski definition) is 2. The SMILES string of the molecule is CCc1ccc(C(=O)OC(CC)CCC(CC)CC)cc1. The van der Waals surface area contributed by atoms with Gasteiger partial charge in [0.15, 0.2) is 0 Å². The third-order valence-electron chi connectivity index (χ3n) is 4.38. The largest absolute Gasteiger partial charge is 0.459 e. The van der Waals surface area contributed by atoms with Crippen molar-refractivity contribution in [3.05, 3.63) is 35.4 Å². The number of carbonyl (C=O) groups is 1. The Labute approximate surface area is 129 Å². The van der Waals surface area contributed by atoms with Gasteiger partial charge in [0, 0.05) is 0 Å². The van der Waals surface area contributed by atoms with Gasteiger partial charge in [0.1, 0.15) is 6.10 Å². The van der Waals surface area contributed by atoms with Crippen LogP contribution in [0.4, 0.5) is 0 Å². The predicted molar refractivity (Wildman–Crippen MR) is 88.6 cm³/mol. The molecule has 1 atom stereocenters. The topological polar surface area (TPSA) is 26.3 Å². The number of rotatable bonds is 9. The predicted octanol–water partition coefficient (Wildman–Crippen LogP) is 5.40. The normalized spacial score (nSPS) is 12.4. The molecule has 0 bridgehead atoms. The number of ether oxygens (including phenoxy) is 1. The first kappa shape index (κ1) is 17.7. The molecule has 0 aliphatic carbocycles. The summed E-state index contributed by atoms with van der Waals surface area (Å²) in [5.41, 5.74) is 1.90. The van der Waals surface area contributed by atoms with E-state index in [1.165, 1.54) is 18.4 Å². The van der Waals surface area contributed by atoms with Gasteiger partial charge < -0.3 is 4.74 Å². The first-order valence-electron chi connectivity index (χ1n) is 8.44. The van der Waals surface area contributed by atoms with Crippen LogP contribution < -0.4 is 0 Å². The van der Waals surface area contributed by atoms with Crippen LogP contribution >= 0.6 is 0 Å². The quantitative estimate of drug-likeness (QED) is 0.569. The third-order valence-corrected chi connectivity index (χ3v) is 4.38. The van der Waals surface area contributed by atoms with Gasteiger partial charge in [0.25, 0.3) is 0 Å². The van der Waals surface area contributed by atoms with E-state index < -0.39 is 0 Å². The van der Waals surface area contributed by atoms with E-state index in [1.807, 2.05) is 24.3 Å². The second-order valence-electron chi connectivity index (χ2n) is 5.75. The van der Waals surface area contributed by atoms with Crippen molar-refractivity contribution in [1.29, 1.82) is 0 Å². The maximum Gasteiger partial charge on any atom is 0.338 e. The molecular formula is C19H30O2. The summed E-state index contributed by atoms with van der Waals surface area (Å²) in [5, 5.41) is 0. The molecule has 0 amide bonds. The van der Waals surface area contributed by atoms with Gasteiger partial charge >= 0.3 is 5.97 Å². The molecule has 0 saturated heterocycles. The lowest BCUT2D eigenvalue weighted by atomic mass is 9.95. The van der Waals surface area contributed by atoms with Gasteiger partial charge in [-0.1, -0.05) is 52.7 Å². The van der Waals surface area contributed by atoms with Crippen LogP contribution in [0.3, 0.4) is 0 Å². The number of aryl methyl sites for hydroxylation is 1. The van der Waals surface area contributed by atoms with Gasteiger partial charge in [0.2, 0.25) is 0 Å². The highest BCUT2D eigenvalue weighted by Crippen LogP contribution is 2.19. The molecule has 0 fully saturated rings. The van der Waals surface area contributed by atoms with Crippen molar-refractivity contribution in [3.8, 4) is 0 Å². The Morgan fingerprint density at radius 1 is 0.952 bits per heavy atom. The summed E-state index contributed by atoms with van der Waals surface area (Å²) in [6.45, 7) is 8.66. The van der Waals surface area contributed by atoms with E-state index in [1.54, 1.807) is 0 Å². The summed E-state index contributed by atoms with van der Waals surface area (Å²) in [5.74, 6) is 0.565. The Morgan fingerprint density at radius 3 is 2.05 bits per heavy atom. The summed E-state index contributed by atoms with van der Waals surface area (Å²) >= 11 is 0. The molecule has 0 aromatic heterocycles. The van der Waals surface area contributed by atoms with E-state index in [4.69, 9.17) is 4.74 Å². The molecule has 1 aromatic rings. The first-order valence-corrected chi connectivity index (χ1v) is 8.44. The maximum atomic E-state index is 12.2. The Balaban J connectivity index is 2.53. The molecule has 118 valence electrons. The van der Waals surface area contributed by atoms with Gasteiger partial charge in [-0.15, -0.1) is 0 Å². The van der Waals surface area contributed by atoms with Crippen molar-refractivity contribution in [2.75, 3.05) is 0 Å². The zero-order chi connectivity index (χ0) is 15.7. The van der Waals surface area contributed by atoms with Crippen LogP contribution in [0.2, 0.25) is 0 Å². The standard InChI is InChI=1S/C19H30O2/c1-5-15(6-2)11-14-18(8-4)21-19(20)17-12-9-16(7-3)10-13-17/h9-10,12-13,15,18H,5-8,11,14H2,1-4H3. The number of carbonyl (C=O) groups excluding carboxylic acids is 1. The highest BCUT2D eigenvalue weighted by molar-refractivity contribution is 5.89. The fourth-order valence-electron chi connectivity index (χ4n) is 2.56. The van der Waals surface area contributed by atoms with Crippen molar-refractivity contribution in [1.82, 2.24) is 0 Å². The molecule has 0 aliphatic heterocycles. The van der Waals surface area contributed by atoms with Crippen molar-refractivity contribution in [3.63, 3.8) is 0 Å². The lowest BCUT2D eigenvalue weighted by Gasteiger charge is -2.19. The molecule has 1 rings (SSSR count). The summed E-state index contributed by atoms with van der Waals surface area (Å²) in [7, 11) is 0. The summed E-state index contributed by atoms with van der Waals surface area (Å²) in [4.78, 5) is 12.2. The molecule has 0 radical (unpaired) electrons. The van der Waals surface area contributed by atoms with E-state index in [-0.39, 0.29) is 12.1 Å². The van der Waals surface area contributed by atoms with Gasteiger partial charge in [-0.2, -0.15) is 0 Å². The molecule has 0 aliphatic rings. The van der Waals surface area contributed by atoms with Crippen LogP contribution in [0.5, 0.6) is 0 Å². The Hall–Kier alpha value is -1.31. The van der Waals surface area contributed by atoms with E-state index in [0.29, 0.717) is 5.56 Å². The molecule has 0 spiro atoms. The molecule has 0 saturated carbocycles. The minimum atomic E-state index is -0.186. The number of benzene rings is 1. The minimum Gasteiger partial charge on any atom is -0.459 e. The lowest BCUT2D eigenvalue weighted by Crippen LogP contribution is -2.18. The maximum absolute atomic E-state index is 12.2. The Kier molecular flexibility index (Phi) is 8.11. The molecule has 1 aromatic carbocycles. The van der Waals surface area contributed by atoms with E-state index in [0.717, 1.165) is 31.6 Å². The summed E-state index contributed by atoms with van der Waals surface area (Å²) in [6.07, 6.45) is 6.46. The van der Waals surface area contributed by atoms with Crippen LogP contribution in [0.15, 0.2) is 24.3 Å². The van der Waals surface area contributed by atoms with Crippen LogP contribution in [0.1, 0.15) is 75.7 Å². The second-order valence-corrected chi connectivity index (χ2v) is 5.75. The molecule has 21 heavy (non-hydrogen) atoms. The zero-order valence-electron chi connectivity index (χ0n) is 14.0. The highest BCUT2D eigenvalue weighted by atomic mass is 16.5. The highest BCUT2D eigenvalue weighted by Gasteiger charge is 2.16. The van der Waals surface area contributed by atoms with Gasteiger partial charge in [-0.25, -0.2) is 4.79 Å². The first-order chi connectivity index (χ1) is 10.1. The van der Waals surface area contributed by atoms with Gasteiger partial charge in [0.05, 0.1) is 5.56 Å². The average molecular weight is 290 g/mol. The fourth-order valence-corrected chi connectivity index (χ4v) is 2.56. The van der Waals surface area contributed by atoms with Crippen LogP contribution in [0, 0.1) is 5.92 Å². The van der Waals surface area contributed by atoms with Gasteiger partial charge in [-0.05, 0) is 49.3 Å². The van der Waals surface area contributed by atoms with E-state index in [9.17, 15) is 4.79 Å². The van der Waals surface area contributed by atoms with Crippen LogP contribution in [-0.2, 0) is 11.2 Å². The molecule has 0 N–H and O–H groups in total. The van der Waals surface area contributed by atoms with Crippen molar-refractivity contribution in [2.24, 2.45) is 5.92 Å². The van der Waals surface area contributed by atoms with Crippen LogP contribution in [0.25, 0.3) is 0 Å². The summed E-state index contributed by atoms with van der Waals surface area (Å²) < 4.78 is 5.66. The minimum absolute atomic E-state index is 0.0453. The molecule has 2 heteroatoms. The molecular weight excluding hydrogens is 260 g/mol.